The van der Waals surface area contributed by atoms with E-state index in [1.807, 2.05) is 0 Å². The third-order valence-corrected chi connectivity index (χ3v) is 7.98. The fourth-order valence-electron chi connectivity index (χ4n) is 5.09. The van der Waals surface area contributed by atoms with Gasteiger partial charge in [-0.1, -0.05) is 140 Å². The molecule has 0 saturated carbocycles. The molecule has 0 aliphatic heterocycles. The molecule has 0 aromatic heterocycles. The number of nitrogens with one attached hydrogen (secondary N) is 2. The predicted octanol–water partition coefficient (Wildman–Crippen LogP) is 11.6. The molecular weight excluding hydrogens is 540 g/mol. The van der Waals surface area contributed by atoms with Crippen molar-refractivity contribution in [2.75, 3.05) is 13.1 Å². The van der Waals surface area contributed by atoms with Gasteiger partial charge in [0.1, 0.15) is 0 Å². The fraction of sp³-hybridized carbons (Fsp3) is 0.750. The Morgan fingerprint density at radius 3 is 1.02 bits per heavy atom. The van der Waals surface area contributed by atoms with Crippen LogP contribution in [0.3, 0.4) is 0 Å². The number of hydrogen-bond donors (Lipinski definition) is 2. The van der Waals surface area contributed by atoms with E-state index in [1.165, 1.54) is 116 Å². The molecule has 0 rings (SSSR count). The summed E-state index contributed by atoms with van der Waals surface area (Å²) >= 11 is 0. The van der Waals surface area contributed by atoms with Crippen LogP contribution in [0.15, 0.2) is 48.6 Å². The van der Waals surface area contributed by atoms with Crippen LogP contribution in [-0.2, 0) is 9.59 Å². The first-order chi connectivity index (χ1) is 21.7. The first-order valence-electron chi connectivity index (χ1n) is 18.8. The maximum absolute atomic E-state index is 12.0. The molecule has 0 bridgehead atoms. The van der Waals surface area contributed by atoms with Crippen LogP contribution in [0.25, 0.3) is 0 Å². The second-order valence-electron chi connectivity index (χ2n) is 12.4. The summed E-state index contributed by atoms with van der Waals surface area (Å²) in [5.74, 6) is -0.00656. The van der Waals surface area contributed by atoms with Crippen molar-refractivity contribution in [2.45, 2.75) is 181 Å². The van der Waals surface area contributed by atoms with Crippen molar-refractivity contribution in [2.24, 2.45) is 0 Å². The lowest BCUT2D eigenvalue weighted by Crippen LogP contribution is -2.28. The molecule has 0 atom stereocenters. The van der Waals surface area contributed by atoms with Gasteiger partial charge in [0.15, 0.2) is 0 Å². The average molecular weight is 613 g/mol. The minimum atomic E-state index is -0.00328. The summed E-state index contributed by atoms with van der Waals surface area (Å²) in [6, 6.07) is 0. The molecule has 2 N–H and O–H groups in total. The van der Waals surface area contributed by atoms with E-state index in [0.29, 0.717) is 0 Å². The lowest BCUT2D eigenvalue weighted by Gasteiger charge is -2.07. The summed E-state index contributed by atoms with van der Waals surface area (Å²) in [4.78, 5) is 24.1. The molecule has 0 spiro atoms. The summed E-state index contributed by atoms with van der Waals surface area (Å²) < 4.78 is 0. The SMILES string of the molecule is CCCCCC=CCC=CCCCCCCCCNC(=O)CCC(=O)NCCCCCCCCC=CCC=CCCCCC. The Balaban J connectivity index is 3.38. The number of allylic oxidation sites excluding steroid dienone is 8. The molecule has 0 aliphatic carbocycles. The van der Waals surface area contributed by atoms with Gasteiger partial charge in [-0.05, 0) is 77.0 Å². The third-order valence-electron chi connectivity index (χ3n) is 7.98. The molecular formula is C40H72N2O2. The Kier molecular flexibility index (Phi) is 35.3. The highest BCUT2D eigenvalue weighted by atomic mass is 16.2. The minimum absolute atomic E-state index is 0.00328. The monoisotopic (exact) mass is 613 g/mol. The van der Waals surface area contributed by atoms with Crippen LogP contribution in [-0.4, -0.2) is 24.9 Å². The lowest BCUT2D eigenvalue weighted by atomic mass is 10.1. The molecule has 44 heavy (non-hydrogen) atoms. The third kappa shape index (κ3) is 36.1. The number of rotatable bonds is 33. The van der Waals surface area contributed by atoms with Crippen molar-refractivity contribution in [1.82, 2.24) is 10.6 Å². The first kappa shape index (κ1) is 41.9. The van der Waals surface area contributed by atoms with E-state index in [0.717, 1.165) is 51.6 Å². The van der Waals surface area contributed by atoms with Gasteiger partial charge in [0.2, 0.25) is 11.8 Å². The van der Waals surface area contributed by atoms with Gasteiger partial charge in [0, 0.05) is 25.9 Å². The van der Waals surface area contributed by atoms with Gasteiger partial charge >= 0.3 is 0 Å². The van der Waals surface area contributed by atoms with Crippen LogP contribution in [0.2, 0.25) is 0 Å². The van der Waals surface area contributed by atoms with Crippen molar-refractivity contribution in [3.63, 3.8) is 0 Å². The Hall–Kier alpha value is -2.10. The standard InChI is InChI=1S/C40H72N2O2/c1-3-5-7-9-11-13-15-17-19-21-23-25-27-29-31-33-37-41-39(43)35-36-40(44)42-38-34-32-30-28-26-24-22-20-18-16-14-12-10-8-6-4-2/h11-14,17-20H,3-10,15-16,21-38H2,1-2H3,(H,41,43)(H,42,44). The van der Waals surface area contributed by atoms with E-state index in [1.54, 1.807) is 0 Å². The summed E-state index contributed by atoms with van der Waals surface area (Å²) in [5.41, 5.74) is 0. The second kappa shape index (κ2) is 37.1. The van der Waals surface area contributed by atoms with Crippen molar-refractivity contribution in [3.05, 3.63) is 48.6 Å². The largest absolute Gasteiger partial charge is 0.356 e. The summed E-state index contributed by atoms with van der Waals surface area (Å²) in [5, 5.41) is 5.95. The maximum Gasteiger partial charge on any atom is 0.220 e. The van der Waals surface area contributed by atoms with Crippen molar-refractivity contribution >= 4 is 11.8 Å². The topological polar surface area (TPSA) is 58.2 Å². The smallest absolute Gasteiger partial charge is 0.220 e. The van der Waals surface area contributed by atoms with E-state index < -0.39 is 0 Å². The van der Waals surface area contributed by atoms with Gasteiger partial charge in [0.05, 0.1) is 0 Å². The van der Waals surface area contributed by atoms with Gasteiger partial charge in [-0.2, -0.15) is 0 Å². The molecule has 0 fully saturated rings. The van der Waals surface area contributed by atoms with E-state index >= 15 is 0 Å². The summed E-state index contributed by atoms with van der Waals surface area (Å²) in [6.45, 7) is 5.94. The van der Waals surface area contributed by atoms with E-state index in [2.05, 4.69) is 73.1 Å². The highest BCUT2D eigenvalue weighted by Crippen LogP contribution is 2.09. The van der Waals surface area contributed by atoms with Gasteiger partial charge in [-0.3, -0.25) is 9.59 Å². The highest BCUT2D eigenvalue weighted by molar-refractivity contribution is 5.83. The Morgan fingerprint density at radius 2 is 0.682 bits per heavy atom. The number of carbonyl (C=O) groups excluding carboxylic acids is 2. The van der Waals surface area contributed by atoms with Crippen molar-refractivity contribution in [1.29, 1.82) is 0 Å². The molecule has 0 aromatic carbocycles. The van der Waals surface area contributed by atoms with Crippen LogP contribution < -0.4 is 10.6 Å². The summed E-state index contributed by atoms with van der Waals surface area (Å²) in [6.07, 6.45) is 48.4. The molecule has 2 amide bonds. The lowest BCUT2D eigenvalue weighted by molar-refractivity contribution is -0.126. The van der Waals surface area contributed by atoms with Crippen LogP contribution in [0.5, 0.6) is 0 Å². The average Bonchev–Trinajstić information content (AvgIpc) is 3.03. The number of amides is 2. The first-order valence-corrected chi connectivity index (χ1v) is 18.8. The molecule has 4 nitrogen and oxygen atoms in total. The maximum atomic E-state index is 12.0. The number of carbonyl (C=O) groups is 2. The molecule has 254 valence electrons. The van der Waals surface area contributed by atoms with Crippen LogP contribution >= 0.6 is 0 Å². The zero-order valence-corrected chi connectivity index (χ0v) is 29.2. The van der Waals surface area contributed by atoms with Gasteiger partial charge in [-0.15, -0.1) is 0 Å². The van der Waals surface area contributed by atoms with Crippen molar-refractivity contribution in [3.8, 4) is 0 Å². The molecule has 0 radical (unpaired) electrons. The van der Waals surface area contributed by atoms with Crippen LogP contribution in [0, 0.1) is 0 Å². The summed E-state index contributed by atoms with van der Waals surface area (Å²) in [7, 11) is 0. The molecule has 0 unspecified atom stereocenters. The zero-order valence-electron chi connectivity index (χ0n) is 29.2. The van der Waals surface area contributed by atoms with E-state index in [9.17, 15) is 9.59 Å². The minimum Gasteiger partial charge on any atom is -0.356 e. The van der Waals surface area contributed by atoms with Crippen molar-refractivity contribution < 1.29 is 9.59 Å². The van der Waals surface area contributed by atoms with Crippen LogP contribution in [0.1, 0.15) is 181 Å². The second-order valence-corrected chi connectivity index (χ2v) is 12.4. The molecule has 0 aliphatic rings. The zero-order chi connectivity index (χ0) is 32.0. The Labute approximate surface area is 274 Å². The highest BCUT2D eigenvalue weighted by Gasteiger charge is 2.06. The Bertz CT molecular complexity index is 676. The predicted molar refractivity (Wildman–Crippen MR) is 194 cm³/mol. The van der Waals surface area contributed by atoms with Crippen LogP contribution in [0.4, 0.5) is 0 Å². The Morgan fingerprint density at radius 1 is 0.386 bits per heavy atom. The molecule has 0 saturated heterocycles. The van der Waals surface area contributed by atoms with E-state index in [-0.39, 0.29) is 24.7 Å². The number of unbranched alkanes of at least 4 members (excludes halogenated alkanes) is 18. The molecule has 0 aromatic rings. The van der Waals surface area contributed by atoms with E-state index in [4.69, 9.17) is 0 Å². The normalized spacial score (nSPS) is 12.0. The quantitative estimate of drug-likeness (QED) is 0.0572. The van der Waals surface area contributed by atoms with Gasteiger partial charge < -0.3 is 10.6 Å². The number of hydrogen-bond acceptors (Lipinski definition) is 2. The van der Waals surface area contributed by atoms with Gasteiger partial charge in [0.25, 0.3) is 0 Å². The van der Waals surface area contributed by atoms with Gasteiger partial charge in [-0.25, -0.2) is 0 Å². The molecule has 0 heterocycles. The fourth-order valence-corrected chi connectivity index (χ4v) is 5.09. The molecule has 4 heteroatoms.